The molecule has 1 heterocycles. The number of imide groups is 1. The summed E-state index contributed by atoms with van der Waals surface area (Å²) in [4.78, 5) is 26.3. The molecule has 0 bridgehead atoms. The van der Waals surface area contributed by atoms with E-state index < -0.39 is 0 Å². The summed E-state index contributed by atoms with van der Waals surface area (Å²) in [6.07, 6.45) is 7.85. The Morgan fingerprint density at radius 3 is 2.31 bits per heavy atom. The predicted octanol–water partition coefficient (Wildman–Crippen LogP) is 2.82. The zero-order valence-electron chi connectivity index (χ0n) is 15.3. The number of carbonyl (C=O) groups excluding carboxylic acids is 2. The molecule has 2 amide bonds. The van der Waals surface area contributed by atoms with Crippen molar-refractivity contribution in [3.05, 3.63) is 35.4 Å². The van der Waals surface area contributed by atoms with Crippen molar-refractivity contribution in [2.45, 2.75) is 19.3 Å². The third kappa shape index (κ3) is 3.59. The number of rotatable bonds is 6. The number of hydrogen-bond donors (Lipinski definition) is 0. The molecule has 3 rings (SSSR count). The first-order chi connectivity index (χ1) is 12.6. The minimum atomic E-state index is -0.310. The zero-order valence-corrected chi connectivity index (χ0v) is 15.3. The molecule has 0 N–H and O–H groups in total. The standard InChI is InChI=1S/C20H23NO5/c1-24-16-11-13(12-17(25-2)19(16)26-3)6-9-18(22)21-10-4-5-15(20(21)23)14-7-8-14/h5-6,9,11-12,14H,4,7-8,10H2,1-3H3/b9-6+. The van der Waals surface area contributed by atoms with Gasteiger partial charge in [-0.25, -0.2) is 0 Å². The van der Waals surface area contributed by atoms with Gasteiger partial charge in [-0.1, -0.05) is 6.08 Å². The topological polar surface area (TPSA) is 65.1 Å². The predicted molar refractivity (Wildman–Crippen MR) is 97.3 cm³/mol. The Kier molecular flexibility index (Phi) is 5.30. The van der Waals surface area contributed by atoms with Gasteiger partial charge in [0.25, 0.3) is 11.8 Å². The SMILES string of the molecule is COc1cc(/C=C/C(=O)N2CCC=C(C3CC3)C2=O)cc(OC)c1OC. The maximum absolute atomic E-state index is 12.5. The van der Waals surface area contributed by atoms with E-state index in [-0.39, 0.29) is 11.8 Å². The average Bonchev–Trinajstić information content (AvgIpc) is 3.50. The van der Waals surface area contributed by atoms with Gasteiger partial charge in [0.05, 0.1) is 21.3 Å². The summed E-state index contributed by atoms with van der Waals surface area (Å²) < 4.78 is 15.9. The smallest absolute Gasteiger partial charge is 0.256 e. The Balaban J connectivity index is 1.78. The van der Waals surface area contributed by atoms with Crippen LogP contribution in [0.3, 0.4) is 0 Å². The Morgan fingerprint density at radius 1 is 1.12 bits per heavy atom. The van der Waals surface area contributed by atoms with E-state index in [9.17, 15) is 9.59 Å². The van der Waals surface area contributed by atoms with Crippen LogP contribution in [0.5, 0.6) is 17.2 Å². The lowest BCUT2D eigenvalue weighted by Crippen LogP contribution is -2.40. The summed E-state index contributed by atoms with van der Waals surface area (Å²) in [6, 6.07) is 3.50. The van der Waals surface area contributed by atoms with Crippen LogP contribution in [0.2, 0.25) is 0 Å². The van der Waals surface area contributed by atoms with Gasteiger partial charge in [0.15, 0.2) is 11.5 Å². The van der Waals surface area contributed by atoms with Crippen LogP contribution >= 0.6 is 0 Å². The second kappa shape index (κ2) is 7.64. The Labute approximate surface area is 153 Å². The Morgan fingerprint density at radius 2 is 1.77 bits per heavy atom. The highest BCUT2D eigenvalue weighted by molar-refractivity contribution is 6.09. The molecular formula is C20H23NO5. The molecular weight excluding hydrogens is 334 g/mol. The molecule has 1 aromatic carbocycles. The molecule has 0 radical (unpaired) electrons. The number of ether oxygens (including phenoxy) is 3. The lowest BCUT2D eigenvalue weighted by Gasteiger charge is -2.24. The minimum Gasteiger partial charge on any atom is -0.493 e. The summed E-state index contributed by atoms with van der Waals surface area (Å²) in [5, 5.41) is 0. The third-order valence-electron chi connectivity index (χ3n) is 4.60. The first-order valence-corrected chi connectivity index (χ1v) is 8.63. The normalized spacial score (nSPS) is 17.3. The van der Waals surface area contributed by atoms with Crippen LogP contribution in [0.1, 0.15) is 24.8 Å². The van der Waals surface area contributed by atoms with E-state index in [1.165, 1.54) is 32.3 Å². The molecule has 0 spiro atoms. The Hall–Kier alpha value is -2.76. The molecule has 26 heavy (non-hydrogen) atoms. The van der Waals surface area contributed by atoms with Gasteiger partial charge in [0.1, 0.15) is 0 Å². The lowest BCUT2D eigenvalue weighted by atomic mass is 10.0. The van der Waals surface area contributed by atoms with Gasteiger partial charge in [-0.2, -0.15) is 0 Å². The van der Waals surface area contributed by atoms with Crippen LogP contribution in [0.25, 0.3) is 6.08 Å². The van der Waals surface area contributed by atoms with Gasteiger partial charge in [-0.05, 0) is 49.0 Å². The van der Waals surface area contributed by atoms with E-state index in [0.29, 0.717) is 29.7 Å². The zero-order chi connectivity index (χ0) is 18.7. The van der Waals surface area contributed by atoms with Crippen molar-refractivity contribution in [2.75, 3.05) is 27.9 Å². The Bertz CT molecular complexity index is 751. The fourth-order valence-electron chi connectivity index (χ4n) is 3.09. The first kappa shape index (κ1) is 18.0. The van der Waals surface area contributed by atoms with E-state index in [1.54, 1.807) is 18.2 Å². The summed E-state index contributed by atoms with van der Waals surface area (Å²) >= 11 is 0. The maximum Gasteiger partial charge on any atom is 0.256 e. The highest BCUT2D eigenvalue weighted by Crippen LogP contribution is 2.39. The summed E-state index contributed by atoms with van der Waals surface area (Å²) in [5.74, 6) is 1.38. The van der Waals surface area contributed by atoms with Gasteiger partial charge >= 0.3 is 0 Å². The van der Waals surface area contributed by atoms with E-state index >= 15 is 0 Å². The van der Waals surface area contributed by atoms with Crippen LogP contribution < -0.4 is 14.2 Å². The first-order valence-electron chi connectivity index (χ1n) is 8.63. The molecule has 1 aliphatic carbocycles. The molecule has 0 saturated heterocycles. The maximum atomic E-state index is 12.5. The molecule has 1 fully saturated rings. The minimum absolute atomic E-state index is 0.154. The fraction of sp³-hybridized carbons (Fsp3) is 0.400. The quantitative estimate of drug-likeness (QED) is 0.733. The lowest BCUT2D eigenvalue weighted by molar-refractivity contribution is -0.140. The summed E-state index contributed by atoms with van der Waals surface area (Å²) in [6.45, 7) is 0.424. The van der Waals surface area contributed by atoms with Crippen molar-refractivity contribution < 1.29 is 23.8 Å². The third-order valence-corrected chi connectivity index (χ3v) is 4.60. The van der Waals surface area contributed by atoms with Crippen molar-refractivity contribution in [3.63, 3.8) is 0 Å². The van der Waals surface area contributed by atoms with Crippen LogP contribution in [0, 0.1) is 5.92 Å². The number of methoxy groups -OCH3 is 3. The summed E-state index contributed by atoms with van der Waals surface area (Å²) in [7, 11) is 4.61. The largest absolute Gasteiger partial charge is 0.493 e. The van der Waals surface area contributed by atoms with Crippen LogP contribution in [0.15, 0.2) is 29.9 Å². The van der Waals surface area contributed by atoms with Crippen molar-refractivity contribution in [1.29, 1.82) is 0 Å². The average molecular weight is 357 g/mol. The molecule has 0 unspecified atom stereocenters. The number of benzene rings is 1. The fourth-order valence-corrected chi connectivity index (χ4v) is 3.09. The number of carbonyl (C=O) groups is 2. The van der Waals surface area contributed by atoms with Gasteiger partial charge < -0.3 is 14.2 Å². The van der Waals surface area contributed by atoms with Gasteiger partial charge in [0, 0.05) is 18.2 Å². The van der Waals surface area contributed by atoms with Crippen molar-refractivity contribution in [1.82, 2.24) is 4.90 Å². The van der Waals surface area contributed by atoms with E-state index in [4.69, 9.17) is 14.2 Å². The monoisotopic (exact) mass is 357 g/mol. The van der Waals surface area contributed by atoms with E-state index in [1.807, 2.05) is 6.08 Å². The molecule has 0 atom stereocenters. The molecule has 1 saturated carbocycles. The molecule has 2 aliphatic rings. The van der Waals surface area contributed by atoms with Gasteiger partial charge in [-0.15, -0.1) is 0 Å². The number of nitrogens with zero attached hydrogens (tertiary/aromatic N) is 1. The van der Waals surface area contributed by atoms with Crippen molar-refractivity contribution in [2.24, 2.45) is 5.92 Å². The molecule has 6 heteroatoms. The number of amides is 2. The van der Waals surface area contributed by atoms with Crippen LogP contribution in [-0.2, 0) is 9.59 Å². The molecule has 1 aromatic rings. The van der Waals surface area contributed by atoms with Crippen molar-refractivity contribution in [3.8, 4) is 17.2 Å². The van der Waals surface area contributed by atoms with E-state index in [2.05, 4.69) is 0 Å². The highest BCUT2D eigenvalue weighted by Gasteiger charge is 2.35. The molecule has 138 valence electrons. The molecule has 0 aromatic heterocycles. The van der Waals surface area contributed by atoms with Crippen molar-refractivity contribution >= 4 is 17.9 Å². The summed E-state index contributed by atoms with van der Waals surface area (Å²) in [5.41, 5.74) is 1.51. The number of hydrogen-bond acceptors (Lipinski definition) is 5. The van der Waals surface area contributed by atoms with Gasteiger partial charge in [0.2, 0.25) is 5.75 Å². The second-order valence-electron chi connectivity index (χ2n) is 6.31. The second-order valence-corrected chi connectivity index (χ2v) is 6.31. The van der Waals surface area contributed by atoms with Crippen LogP contribution in [-0.4, -0.2) is 44.6 Å². The van der Waals surface area contributed by atoms with Gasteiger partial charge in [-0.3, -0.25) is 14.5 Å². The molecule has 1 aliphatic heterocycles. The molecule has 6 nitrogen and oxygen atoms in total. The van der Waals surface area contributed by atoms with Crippen LogP contribution in [0.4, 0.5) is 0 Å². The highest BCUT2D eigenvalue weighted by atomic mass is 16.5. The van der Waals surface area contributed by atoms with E-state index in [0.717, 1.165) is 30.4 Å².